The molecule has 1 aliphatic rings. The lowest BCUT2D eigenvalue weighted by atomic mass is 10.3. The van der Waals surface area contributed by atoms with Gasteiger partial charge in [-0.05, 0) is 12.1 Å². The van der Waals surface area contributed by atoms with Crippen molar-refractivity contribution < 1.29 is 4.52 Å². The van der Waals surface area contributed by atoms with Gasteiger partial charge in [0, 0.05) is 58.8 Å². The van der Waals surface area contributed by atoms with Gasteiger partial charge in [0.1, 0.15) is 12.1 Å². The lowest BCUT2D eigenvalue weighted by molar-refractivity contribution is 0.169. The second-order valence-electron chi connectivity index (χ2n) is 6.68. The Kier molecular flexibility index (Phi) is 7.26. The van der Waals surface area contributed by atoms with E-state index in [1.807, 2.05) is 31.3 Å². The van der Waals surface area contributed by atoms with E-state index in [1.54, 1.807) is 6.26 Å². The normalized spacial score (nSPS) is 15.6. The Labute approximate surface area is 181 Å². The van der Waals surface area contributed by atoms with Crippen LogP contribution < -0.4 is 5.32 Å². The molecule has 1 fully saturated rings. The number of piperazine rings is 1. The number of H-pyrrole nitrogens is 1. The highest BCUT2D eigenvalue weighted by Gasteiger charge is 2.20. The SMILES string of the molecule is CN=C(NCCc1nc2ccccc2[nH]1)N1CCN(Cc2ccon2)CC1.I. The third kappa shape index (κ3) is 5.02. The summed E-state index contributed by atoms with van der Waals surface area (Å²) in [5, 5.41) is 7.45. The minimum atomic E-state index is 0. The third-order valence-corrected chi connectivity index (χ3v) is 4.84. The number of nitrogens with one attached hydrogen (secondary N) is 2. The Morgan fingerprint density at radius 1 is 1.21 bits per heavy atom. The highest BCUT2D eigenvalue weighted by Crippen LogP contribution is 2.10. The first-order chi connectivity index (χ1) is 13.3. The van der Waals surface area contributed by atoms with E-state index < -0.39 is 0 Å². The number of para-hydroxylation sites is 2. The quantitative estimate of drug-likeness (QED) is 0.321. The first-order valence-electron chi connectivity index (χ1n) is 9.32. The molecule has 0 amide bonds. The van der Waals surface area contributed by atoms with Crippen LogP contribution in [0.1, 0.15) is 11.5 Å². The van der Waals surface area contributed by atoms with Crippen LogP contribution in [-0.2, 0) is 13.0 Å². The molecule has 9 heteroatoms. The molecule has 1 aliphatic heterocycles. The van der Waals surface area contributed by atoms with Crippen molar-refractivity contribution in [1.29, 1.82) is 0 Å². The molecular weight excluding hydrogens is 469 g/mol. The molecule has 3 heterocycles. The average molecular weight is 495 g/mol. The van der Waals surface area contributed by atoms with E-state index >= 15 is 0 Å². The molecular formula is C19H26IN7O. The van der Waals surface area contributed by atoms with Gasteiger partial charge in [-0.3, -0.25) is 9.89 Å². The van der Waals surface area contributed by atoms with Crippen molar-refractivity contribution in [1.82, 2.24) is 30.2 Å². The summed E-state index contributed by atoms with van der Waals surface area (Å²) in [5.74, 6) is 1.95. The molecule has 0 aliphatic carbocycles. The summed E-state index contributed by atoms with van der Waals surface area (Å²) in [7, 11) is 1.84. The van der Waals surface area contributed by atoms with Crippen LogP contribution in [0.5, 0.6) is 0 Å². The molecule has 4 rings (SSSR count). The van der Waals surface area contributed by atoms with Crippen LogP contribution in [0, 0.1) is 0 Å². The fourth-order valence-corrected chi connectivity index (χ4v) is 3.42. The van der Waals surface area contributed by atoms with Gasteiger partial charge in [-0.15, -0.1) is 24.0 Å². The summed E-state index contributed by atoms with van der Waals surface area (Å²) >= 11 is 0. The van der Waals surface area contributed by atoms with E-state index in [0.29, 0.717) is 0 Å². The van der Waals surface area contributed by atoms with Crippen molar-refractivity contribution in [3.05, 3.63) is 48.1 Å². The molecule has 28 heavy (non-hydrogen) atoms. The number of aromatic nitrogens is 3. The molecule has 0 bridgehead atoms. The number of halogens is 1. The maximum Gasteiger partial charge on any atom is 0.193 e. The van der Waals surface area contributed by atoms with Gasteiger partial charge < -0.3 is 19.7 Å². The fraction of sp³-hybridized carbons (Fsp3) is 0.421. The molecule has 0 unspecified atom stereocenters. The van der Waals surface area contributed by atoms with Crippen LogP contribution in [0.25, 0.3) is 11.0 Å². The van der Waals surface area contributed by atoms with Crippen LogP contribution in [0.15, 0.2) is 46.1 Å². The van der Waals surface area contributed by atoms with Crippen LogP contribution in [0.3, 0.4) is 0 Å². The second-order valence-corrected chi connectivity index (χ2v) is 6.68. The summed E-state index contributed by atoms with van der Waals surface area (Å²) in [5.41, 5.74) is 3.08. The van der Waals surface area contributed by atoms with E-state index in [-0.39, 0.29) is 24.0 Å². The van der Waals surface area contributed by atoms with Crippen LogP contribution in [0.4, 0.5) is 0 Å². The van der Waals surface area contributed by atoms with Crippen molar-refractivity contribution in [3.8, 4) is 0 Å². The zero-order valence-corrected chi connectivity index (χ0v) is 18.3. The lowest BCUT2D eigenvalue weighted by Crippen LogP contribution is -2.52. The molecule has 8 nitrogen and oxygen atoms in total. The first-order valence-corrected chi connectivity index (χ1v) is 9.32. The number of hydrogen-bond donors (Lipinski definition) is 2. The highest BCUT2D eigenvalue weighted by atomic mass is 127. The largest absolute Gasteiger partial charge is 0.364 e. The number of hydrogen-bond acceptors (Lipinski definition) is 5. The number of imidazole rings is 1. The molecule has 1 aromatic carbocycles. The molecule has 1 saturated heterocycles. The summed E-state index contributed by atoms with van der Waals surface area (Å²) in [6.07, 6.45) is 2.46. The first kappa shape index (κ1) is 20.6. The summed E-state index contributed by atoms with van der Waals surface area (Å²) in [4.78, 5) is 17.1. The van der Waals surface area contributed by atoms with Gasteiger partial charge in [0.15, 0.2) is 5.96 Å². The van der Waals surface area contributed by atoms with E-state index in [9.17, 15) is 0 Å². The maximum atomic E-state index is 4.91. The molecule has 2 N–H and O–H groups in total. The molecule has 0 radical (unpaired) electrons. The van der Waals surface area contributed by atoms with Crippen LogP contribution >= 0.6 is 24.0 Å². The number of guanidine groups is 1. The molecule has 2 aromatic heterocycles. The Hall–Kier alpha value is -2.14. The van der Waals surface area contributed by atoms with Crippen LogP contribution in [0.2, 0.25) is 0 Å². The summed E-state index contributed by atoms with van der Waals surface area (Å²) < 4.78 is 4.91. The van der Waals surface area contributed by atoms with Crippen molar-refractivity contribution in [2.45, 2.75) is 13.0 Å². The lowest BCUT2D eigenvalue weighted by Gasteiger charge is -2.36. The van der Waals surface area contributed by atoms with Gasteiger partial charge in [0.2, 0.25) is 0 Å². The van der Waals surface area contributed by atoms with Gasteiger partial charge in [0.25, 0.3) is 0 Å². The van der Waals surface area contributed by atoms with Gasteiger partial charge in [-0.25, -0.2) is 4.98 Å². The second kappa shape index (κ2) is 9.87. The van der Waals surface area contributed by atoms with Gasteiger partial charge >= 0.3 is 0 Å². The molecule has 0 saturated carbocycles. The smallest absolute Gasteiger partial charge is 0.193 e. The van der Waals surface area contributed by atoms with E-state index in [0.717, 1.165) is 74.2 Å². The number of aromatic amines is 1. The van der Waals surface area contributed by atoms with E-state index in [1.165, 1.54) is 0 Å². The standard InChI is InChI=1S/C19H25N7O.HI/c1-20-19(21-8-6-18-22-16-4-2-3-5-17(16)23-18)26-11-9-25(10-12-26)14-15-7-13-27-24-15;/h2-5,7,13H,6,8-12,14H2,1H3,(H,20,21)(H,22,23);1H. The predicted molar refractivity (Wildman–Crippen MR) is 120 cm³/mol. The summed E-state index contributed by atoms with van der Waals surface area (Å²) in [6, 6.07) is 10.0. The molecule has 0 atom stereocenters. The molecule has 3 aromatic rings. The average Bonchev–Trinajstić information content (AvgIpc) is 3.35. The number of aliphatic imine (C=N–C) groups is 1. The highest BCUT2D eigenvalue weighted by molar-refractivity contribution is 14.0. The maximum absolute atomic E-state index is 4.91. The number of rotatable bonds is 5. The number of benzene rings is 1. The monoisotopic (exact) mass is 495 g/mol. The number of fused-ring (bicyclic) bond motifs is 1. The Morgan fingerprint density at radius 2 is 2.04 bits per heavy atom. The molecule has 0 spiro atoms. The predicted octanol–water partition coefficient (Wildman–Crippen LogP) is 2.10. The Morgan fingerprint density at radius 3 is 2.75 bits per heavy atom. The number of nitrogens with zero attached hydrogens (tertiary/aromatic N) is 5. The van der Waals surface area contributed by atoms with Gasteiger partial charge in [-0.2, -0.15) is 0 Å². The van der Waals surface area contributed by atoms with Crippen molar-refractivity contribution >= 4 is 41.0 Å². The van der Waals surface area contributed by atoms with Gasteiger partial charge in [-0.1, -0.05) is 17.3 Å². The summed E-state index contributed by atoms with van der Waals surface area (Å²) in [6.45, 7) is 5.49. The van der Waals surface area contributed by atoms with E-state index in [2.05, 4.69) is 41.3 Å². The fourth-order valence-electron chi connectivity index (χ4n) is 3.42. The molecule has 150 valence electrons. The van der Waals surface area contributed by atoms with E-state index in [4.69, 9.17) is 4.52 Å². The van der Waals surface area contributed by atoms with Gasteiger partial charge in [0.05, 0.1) is 16.7 Å². The Bertz CT molecular complexity index is 852. The minimum absolute atomic E-state index is 0. The topological polar surface area (TPSA) is 85.6 Å². The van der Waals surface area contributed by atoms with Crippen molar-refractivity contribution in [2.75, 3.05) is 39.8 Å². The zero-order chi connectivity index (χ0) is 18.5. The Balaban J connectivity index is 0.00000225. The van der Waals surface area contributed by atoms with Crippen molar-refractivity contribution in [3.63, 3.8) is 0 Å². The van der Waals surface area contributed by atoms with Crippen molar-refractivity contribution in [2.24, 2.45) is 4.99 Å². The zero-order valence-electron chi connectivity index (χ0n) is 16.0. The van der Waals surface area contributed by atoms with Crippen LogP contribution in [-0.4, -0.2) is 70.7 Å². The third-order valence-electron chi connectivity index (χ3n) is 4.84. The minimum Gasteiger partial charge on any atom is -0.364 e.